The number of sulfonamides is 1. The highest BCUT2D eigenvalue weighted by Crippen LogP contribution is 2.17. The number of rotatable bonds is 6. The molecule has 0 fully saturated rings. The predicted molar refractivity (Wildman–Crippen MR) is 72.7 cm³/mol. The molecule has 19 heavy (non-hydrogen) atoms. The van der Waals surface area contributed by atoms with E-state index in [2.05, 4.69) is 0 Å². The molecule has 0 unspecified atom stereocenters. The molecule has 0 radical (unpaired) electrons. The fourth-order valence-corrected chi connectivity index (χ4v) is 2.76. The van der Waals surface area contributed by atoms with Gasteiger partial charge in [-0.05, 0) is 30.5 Å². The Hall–Kier alpha value is -1.40. The van der Waals surface area contributed by atoms with Gasteiger partial charge in [0.25, 0.3) is 0 Å². The average molecular weight is 285 g/mol. The molecule has 1 N–H and O–H groups in total. The summed E-state index contributed by atoms with van der Waals surface area (Å²) in [5.74, 6) is -0.732. The highest BCUT2D eigenvalue weighted by molar-refractivity contribution is 7.89. The fraction of sp³-hybridized carbons (Fsp3) is 0.462. The summed E-state index contributed by atoms with van der Waals surface area (Å²) in [5.41, 5.74) is -0.0293. The summed E-state index contributed by atoms with van der Waals surface area (Å²) in [7, 11) is -2.12. The summed E-state index contributed by atoms with van der Waals surface area (Å²) in [6.07, 6.45) is 0.758. The molecule has 106 valence electrons. The Kier molecular flexibility index (Phi) is 5.08. The molecule has 1 aromatic carbocycles. The maximum atomic E-state index is 12.3. The van der Waals surface area contributed by atoms with E-state index in [1.165, 1.54) is 35.6 Å². The summed E-state index contributed by atoms with van der Waals surface area (Å²) in [6, 6.07) is 5.40. The van der Waals surface area contributed by atoms with E-state index in [0.717, 1.165) is 6.42 Å². The zero-order valence-corrected chi connectivity index (χ0v) is 12.1. The van der Waals surface area contributed by atoms with Crippen LogP contribution in [0, 0.1) is 5.92 Å². The van der Waals surface area contributed by atoms with Crippen molar-refractivity contribution in [3.05, 3.63) is 29.8 Å². The molecule has 0 saturated carbocycles. The normalized spacial score (nSPS) is 12.1. The second kappa shape index (κ2) is 6.16. The second-order valence-electron chi connectivity index (χ2n) is 4.84. The maximum absolute atomic E-state index is 12.3. The van der Waals surface area contributed by atoms with Gasteiger partial charge in [0.15, 0.2) is 0 Å². The van der Waals surface area contributed by atoms with Crippen molar-refractivity contribution in [3.8, 4) is 0 Å². The molecule has 1 rings (SSSR count). The van der Waals surface area contributed by atoms with Crippen molar-refractivity contribution in [2.24, 2.45) is 5.92 Å². The lowest BCUT2D eigenvalue weighted by atomic mass is 10.1. The largest absolute Gasteiger partial charge is 0.478 e. The molecule has 6 heteroatoms. The Morgan fingerprint density at radius 1 is 1.37 bits per heavy atom. The van der Waals surface area contributed by atoms with Gasteiger partial charge in [-0.2, -0.15) is 0 Å². The van der Waals surface area contributed by atoms with Crippen LogP contribution < -0.4 is 0 Å². The first-order chi connectivity index (χ1) is 8.75. The smallest absolute Gasteiger partial charge is 0.335 e. The van der Waals surface area contributed by atoms with Gasteiger partial charge in [-0.1, -0.05) is 19.9 Å². The highest BCUT2D eigenvalue weighted by atomic mass is 32.2. The summed E-state index contributed by atoms with van der Waals surface area (Å²) < 4.78 is 25.8. The third-order valence-electron chi connectivity index (χ3n) is 2.81. The summed E-state index contributed by atoms with van der Waals surface area (Å²) in [4.78, 5) is 10.9. The Morgan fingerprint density at radius 2 is 2.00 bits per heavy atom. The average Bonchev–Trinajstić information content (AvgIpc) is 2.35. The SMILES string of the molecule is CC(C)CCN(C)S(=O)(=O)c1cccc(C(=O)O)c1. The third kappa shape index (κ3) is 4.04. The topological polar surface area (TPSA) is 74.7 Å². The van der Waals surface area contributed by atoms with Crippen LogP contribution in [0.3, 0.4) is 0 Å². The van der Waals surface area contributed by atoms with E-state index < -0.39 is 16.0 Å². The minimum atomic E-state index is -3.62. The number of benzene rings is 1. The fourth-order valence-electron chi connectivity index (χ4n) is 1.53. The molecule has 0 aliphatic heterocycles. The van der Waals surface area contributed by atoms with Crippen molar-refractivity contribution in [1.29, 1.82) is 0 Å². The molecule has 0 saturated heterocycles. The minimum Gasteiger partial charge on any atom is -0.478 e. The first-order valence-electron chi connectivity index (χ1n) is 6.05. The number of aromatic carboxylic acids is 1. The number of nitrogens with zero attached hydrogens (tertiary/aromatic N) is 1. The molecule has 0 aromatic heterocycles. The van der Waals surface area contributed by atoms with Gasteiger partial charge in [0.05, 0.1) is 10.5 Å². The molecule has 0 aliphatic carbocycles. The molecule has 0 amide bonds. The van der Waals surface area contributed by atoms with Crippen molar-refractivity contribution in [2.45, 2.75) is 25.2 Å². The van der Waals surface area contributed by atoms with Gasteiger partial charge in [-0.25, -0.2) is 17.5 Å². The van der Waals surface area contributed by atoms with Crippen LogP contribution in [-0.2, 0) is 10.0 Å². The van der Waals surface area contributed by atoms with Gasteiger partial charge in [0, 0.05) is 13.6 Å². The molecule has 0 atom stereocenters. The Morgan fingerprint density at radius 3 is 2.53 bits per heavy atom. The summed E-state index contributed by atoms with van der Waals surface area (Å²) >= 11 is 0. The number of hydrogen-bond acceptors (Lipinski definition) is 3. The molecule has 5 nitrogen and oxygen atoms in total. The minimum absolute atomic E-state index is 0.0126. The summed E-state index contributed by atoms with van der Waals surface area (Å²) in [6.45, 7) is 4.45. The van der Waals surface area contributed by atoms with E-state index in [-0.39, 0.29) is 10.5 Å². The van der Waals surface area contributed by atoms with E-state index >= 15 is 0 Å². The van der Waals surface area contributed by atoms with Crippen molar-refractivity contribution in [1.82, 2.24) is 4.31 Å². The monoisotopic (exact) mass is 285 g/mol. The molecular weight excluding hydrogens is 266 g/mol. The number of carbonyl (C=O) groups is 1. The van der Waals surface area contributed by atoms with Crippen LogP contribution >= 0.6 is 0 Å². The predicted octanol–water partition coefficient (Wildman–Crippen LogP) is 2.05. The van der Waals surface area contributed by atoms with Gasteiger partial charge in [0.1, 0.15) is 0 Å². The van der Waals surface area contributed by atoms with Crippen LogP contribution in [0.15, 0.2) is 29.2 Å². The zero-order valence-electron chi connectivity index (χ0n) is 11.3. The number of carboxylic acid groups (broad SMARTS) is 1. The van der Waals surface area contributed by atoms with Gasteiger partial charge in [-0.3, -0.25) is 0 Å². The van der Waals surface area contributed by atoms with E-state index in [9.17, 15) is 13.2 Å². The van der Waals surface area contributed by atoms with Crippen molar-refractivity contribution >= 4 is 16.0 Å². The number of hydrogen-bond donors (Lipinski definition) is 1. The van der Waals surface area contributed by atoms with Crippen LogP contribution in [0.4, 0.5) is 0 Å². The van der Waals surface area contributed by atoms with Crippen LogP contribution in [0.1, 0.15) is 30.6 Å². The van der Waals surface area contributed by atoms with Gasteiger partial charge in [0.2, 0.25) is 10.0 Å². The third-order valence-corrected chi connectivity index (χ3v) is 4.66. The van der Waals surface area contributed by atoms with Gasteiger partial charge >= 0.3 is 5.97 Å². The first kappa shape index (κ1) is 15.7. The van der Waals surface area contributed by atoms with E-state index in [0.29, 0.717) is 12.5 Å². The van der Waals surface area contributed by atoms with Crippen molar-refractivity contribution in [2.75, 3.05) is 13.6 Å². The quantitative estimate of drug-likeness (QED) is 0.868. The first-order valence-corrected chi connectivity index (χ1v) is 7.49. The van der Waals surface area contributed by atoms with Crippen LogP contribution in [0.25, 0.3) is 0 Å². The molecule has 0 heterocycles. The number of carboxylic acids is 1. The molecule has 0 spiro atoms. The molecule has 1 aromatic rings. The molecular formula is C13H19NO4S. The lowest BCUT2D eigenvalue weighted by Gasteiger charge is -2.18. The lowest BCUT2D eigenvalue weighted by Crippen LogP contribution is -2.28. The summed E-state index contributed by atoms with van der Waals surface area (Å²) in [5, 5.41) is 8.88. The van der Waals surface area contributed by atoms with E-state index in [1.54, 1.807) is 0 Å². The van der Waals surface area contributed by atoms with Crippen molar-refractivity contribution in [3.63, 3.8) is 0 Å². The second-order valence-corrected chi connectivity index (χ2v) is 6.89. The maximum Gasteiger partial charge on any atom is 0.335 e. The lowest BCUT2D eigenvalue weighted by molar-refractivity contribution is 0.0696. The zero-order chi connectivity index (χ0) is 14.6. The Labute approximate surface area is 113 Å². The standard InChI is InChI=1S/C13H19NO4S/c1-10(2)7-8-14(3)19(17,18)12-6-4-5-11(9-12)13(15)16/h4-6,9-10H,7-8H2,1-3H3,(H,15,16). The Bertz CT molecular complexity index is 552. The van der Waals surface area contributed by atoms with E-state index in [4.69, 9.17) is 5.11 Å². The van der Waals surface area contributed by atoms with Gasteiger partial charge < -0.3 is 5.11 Å². The van der Waals surface area contributed by atoms with Crippen molar-refractivity contribution < 1.29 is 18.3 Å². The highest BCUT2D eigenvalue weighted by Gasteiger charge is 2.21. The van der Waals surface area contributed by atoms with Crippen LogP contribution in [-0.4, -0.2) is 37.4 Å². The molecule has 0 aliphatic rings. The van der Waals surface area contributed by atoms with Crippen LogP contribution in [0.5, 0.6) is 0 Å². The molecule has 0 bridgehead atoms. The van der Waals surface area contributed by atoms with Crippen LogP contribution in [0.2, 0.25) is 0 Å². The van der Waals surface area contributed by atoms with E-state index in [1.807, 2.05) is 13.8 Å². The Balaban J connectivity index is 2.99. The van der Waals surface area contributed by atoms with Gasteiger partial charge in [-0.15, -0.1) is 0 Å².